The molecule has 0 fully saturated rings. The molecule has 0 unspecified atom stereocenters. The molecule has 0 amide bonds. The Balaban J connectivity index is 2.04. The van der Waals surface area contributed by atoms with E-state index in [-0.39, 0.29) is 0 Å². The van der Waals surface area contributed by atoms with Crippen LogP contribution in [0.4, 0.5) is 0 Å². The van der Waals surface area contributed by atoms with Crippen molar-refractivity contribution in [2.45, 2.75) is 0 Å². The molecule has 146 valence electrons. The van der Waals surface area contributed by atoms with E-state index in [1.165, 1.54) is 0 Å². The molecule has 1 aromatic heterocycles. The highest BCUT2D eigenvalue weighted by Crippen LogP contribution is 2.38. The third-order valence-corrected chi connectivity index (χ3v) is 4.87. The molecule has 1 heterocycles. The predicted molar refractivity (Wildman–Crippen MR) is 113 cm³/mol. The standard InChI is InChI=1S/C24H20O5/c1-26-17-8-4-15(5-9-17)22-20-13-12-19(28-3)14-21(20)29-24(25)23(22)16-6-10-18(27-2)11-7-16/h4-14H,1-3H3. The van der Waals surface area contributed by atoms with Crippen LogP contribution in [0.25, 0.3) is 33.2 Å². The van der Waals surface area contributed by atoms with Gasteiger partial charge in [-0.2, -0.15) is 0 Å². The van der Waals surface area contributed by atoms with Crippen LogP contribution in [0.15, 0.2) is 75.9 Å². The Morgan fingerprint density at radius 2 is 1.10 bits per heavy atom. The Labute approximate surface area is 168 Å². The van der Waals surface area contributed by atoms with Gasteiger partial charge in [0.1, 0.15) is 22.8 Å². The van der Waals surface area contributed by atoms with Gasteiger partial charge in [0.2, 0.25) is 0 Å². The fourth-order valence-electron chi connectivity index (χ4n) is 3.39. The van der Waals surface area contributed by atoms with Crippen molar-refractivity contribution < 1.29 is 18.6 Å². The van der Waals surface area contributed by atoms with Gasteiger partial charge in [-0.3, -0.25) is 0 Å². The van der Waals surface area contributed by atoms with Crippen LogP contribution in [0.2, 0.25) is 0 Å². The Bertz CT molecular complexity index is 1210. The van der Waals surface area contributed by atoms with E-state index in [1.807, 2.05) is 60.7 Å². The molecule has 0 aliphatic heterocycles. The molecule has 29 heavy (non-hydrogen) atoms. The monoisotopic (exact) mass is 388 g/mol. The summed E-state index contributed by atoms with van der Waals surface area (Å²) >= 11 is 0. The number of ether oxygens (including phenoxy) is 3. The van der Waals surface area contributed by atoms with E-state index in [0.29, 0.717) is 16.9 Å². The van der Waals surface area contributed by atoms with Crippen LogP contribution in [-0.4, -0.2) is 21.3 Å². The summed E-state index contributed by atoms with van der Waals surface area (Å²) in [6.45, 7) is 0. The highest BCUT2D eigenvalue weighted by atomic mass is 16.5. The molecule has 0 bridgehead atoms. The van der Waals surface area contributed by atoms with Gasteiger partial charge in [-0.25, -0.2) is 4.79 Å². The molecule has 5 heteroatoms. The minimum absolute atomic E-state index is 0.415. The highest BCUT2D eigenvalue weighted by Gasteiger charge is 2.19. The number of benzene rings is 3. The van der Waals surface area contributed by atoms with E-state index in [1.54, 1.807) is 27.4 Å². The first-order valence-electron chi connectivity index (χ1n) is 9.08. The van der Waals surface area contributed by atoms with Crippen molar-refractivity contribution in [3.05, 3.63) is 77.2 Å². The Morgan fingerprint density at radius 1 is 0.621 bits per heavy atom. The summed E-state index contributed by atoms with van der Waals surface area (Å²) < 4.78 is 21.5. The molecule has 4 rings (SSSR count). The van der Waals surface area contributed by atoms with Crippen LogP contribution in [0.1, 0.15) is 0 Å². The van der Waals surface area contributed by atoms with Crippen LogP contribution >= 0.6 is 0 Å². The Morgan fingerprint density at radius 3 is 1.62 bits per heavy atom. The number of hydrogen-bond acceptors (Lipinski definition) is 5. The minimum Gasteiger partial charge on any atom is -0.497 e. The smallest absolute Gasteiger partial charge is 0.344 e. The second kappa shape index (κ2) is 7.72. The van der Waals surface area contributed by atoms with E-state index < -0.39 is 5.63 Å². The number of rotatable bonds is 5. The van der Waals surface area contributed by atoms with Gasteiger partial charge in [-0.1, -0.05) is 24.3 Å². The van der Waals surface area contributed by atoms with Crippen molar-refractivity contribution in [2.24, 2.45) is 0 Å². The lowest BCUT2D eigenvalue weighted by atomic mass is 9.93. The van der Waals surface area contributed by atoms with E-state index in [9.17, 15) is 4.79 Å². The molecule has 5 nitrogen and oxygen atoms in total. The molecule has 3 aromatic carbocycles. The maximum Gasteiger partial charge on any atom is 0.344 e. The van der Waals surface area contributed by atoms with E-state index in [2.05, 4.69) is 0 Å². The summed E-state index contributed by atoms with van der Waals surface area (Å²) in [7, 11) is 4.81. The minimum atomic E-state index is -0.415. The average Bonchev–Trinajstić information content (AvgIpc) is 2.78. The molecule has 0 N–H and O–H groups in total. The number of methoxy groups -OCH3 is 3. The normalized spacial score (nSPS) is 10.7. The maximum absolute atomic E-state index is 13.0. The van der Waals surface area contributed by atoms with Gasteiger partial charge in [0.15, 0.2) is 0 Å². The first-order valence-corrected chi connectivity index (χ1v) is 9.08. The maximum atomic E-state index is 13.0. The molecule has 0 spiro atoms. The van der Waals surface area contributed by atoms with Gasteiger partial charge in [-0.05, 0) is 47.5 Å². The van der Waals surface area contributed by atoms with Gasteiger partial charge in [0.25, 0.3) is 0 Å². The van der Waals surface area contributed by atoms with E-state index >= 15 is 0 Å². The van der Waals surface area contributed by atoms with Crippen LogP contribution in [0, 0.1) is 0 Å². The highest BCUT2D eigenvalue weighted by molar-refractivity contribution is 6.01. The van der Waals surface area contributed by atoms with Crippen molar-refractivity contribution in [2.75, 3.05) is 21.3 Å². The van der Waals surface area contributed by atoms with Gasteiger partial charge in [0.05, 0.1) is 26.9 Å². The summed E-state index contributed by atoms with van der Waals surface area (Å²) in [5.41, 5.74) is 2.99. The first kappa shape index (κ1) is 18.6. The zero-order valence-electron chi connectivity index (χ0n) is 16.4. The predicted octanol–water partition coefficient (Wildman–Crippen LogP) is 5.15. The third kappa shape index (κ3) is 3.43. The van der Waals surface area contributed by atoms with Crippen LogP contribution in [-0.2, 0) is 0 Å². The molecule has 0 aliphatic rings. The Hall–Kier alpha value is -3.73. The van der Waals surface area contributed by atoms with Crippen LogP contribution < -0.4 is 19.8 Å². The van der Waals surface area contributed by atoms with Gasteiger partial charge in [0, 0.05) is 17.0 Å². The fourth-order valence-corrected chi connectivity index (χ4v) is 3.39. The topological polar surface area (TPSA) is 57.9 Å². The summed E-state index contributed by atoms with van der Waals surface area (Å²) in [5, 5.41) is 0.821. The fraction of sp³-hybridized carbons (Fsp3) is 0.125. The summed E-state index contributed by atoms with van der Waals surface area (Å²) in [4.78, 5) is 13.0. The van der Waals surface area contributed by atoms with Gasteiger partial charge in [-0.15, -0.1) is 0 Å². The van der Waals surface area contributed by atoms with Crippen molar-refractivity contribution in [3.63, 3.8) is 0 Å². The van der Waals surface area contributed by atoms with Gasteiger partial charge >= 0.3 is 5.63 Å². The SMILES string of the molecule is COc1ccc(-c2c(-c3ccc(OC)cc3)c3ccc(OC)cc3oc2=O)cc1. The second-order valence-corrected chi connectivity index (χ2v) is 6.46. The largest absolute Gasteiger partial charge is 0.497 e. The lowest BCUT2D eigenvalue weighted by Crippen LogP contribution is -2.06. The van der Waals surface area contributed by atoms with Crippen LogP contribution in [0.3, 0.4) is 0 Å². The zero-order chi connectivity index (χ0) is 20.4. The molecule has 0 saturated heterocycles. The lowest BCUT2D eigenvalue weighted by Gasteiger charge is -2.14. The van der Waals surface area contributed by atoms with Crippen molar-refractivity contribution in [1.29, 1.82) is 0 Å². The molecular formula is C24H20O5. The second-order valence-electron chi connectivity index (χ2n) is 6.46. The van der Waals surface area contributed by atoms with Crippen molar-refractivity contribution >= 4 is 11.0 Å². The lowest BCUT2D eigenvalue weighted by molar-refractivity contribution is 0.414. The molecule has 0 aliphatic carbocycles. The summed E-state index contributed by atoms with van der Waals surface area (Å²) in [6.07, 6.45) is 0. The molecule has 0 saturated carbocycles. The van der Waals surface area contributed by atoms with Crippen molar-refractivity contribution in [1.82, 2.24) is 0 Å². The van der Waals surface area contributed by atoms with E-state index in [4.69, 9.17) is 18.6 Å². The quantitative estimate of drug-likeness (QED) is 0.443. The third-order valence-electron chi connectivity index (χ3n) is 4.87. The number of fused-ring (bicyclic) bond motifs is 1. The summed E-state index contributed by atoms with van der Waals surface area (Å²) in [6, 6.07) is 20.5. The number of hydrogen-bond donors (Lipinski definition) is 0. The molecule has 0 radical (unpaired) electrons. The Kier molecular flexibility index (Phi) is 4.96. The first-order chi connectivity index (χ1) is 14.1. The van der Waals surface area contributed by atoms with Crippen molar-refractivity contribution in [3.8, 4) is 39.5 Å². The van der Waals surface area contributed by atoms with Crippen LogP contribution in [0.5, 0.6) is 17.2 Å². The van der Waals surface area contributed by atoms with E-state index in [0.717, 1.165) is 33.6 Å². The zero-order valence-corrected chi connectivity index (χ0v) is 16.4. The average molecular weight is 388 g/mol. The molecule has 4 aromatic rings. The van der Waals surface area contributed by atoms with Gasteiger partial charge < -0.3 is 18.6 Å². The molecule has 0 atom stereocenters. The summed E-state index contributed by atoms with van der Waals surface area (Å²) in [5.74, 6) is 2.09. The molecular weight excluding hydrogens is 368 g/mol.